The average Bonchev–Trinajstić information content (AvgIpc) is 2.75. The second kappa shape index (κ2) is 7.07. The molecule has 0 bridgehead atoms. The number of halogens is 1. The van der Waals surface area contributed by atoms with Crippen LogP contribution in [0.1, 0.15) is 37.5 Å². The zero-order chi connectivity index (χ0) is 13.7. The minimum absolute atomic E-state index is 0.475. The third-order valence-electron chi connectivity index (χ3n) is 4.00. The molecule has 2 nitrogen and oxygen atoms in total. The molecule has 4 heteroatoms. The molecule has 1 aliphatic heterocycles. The summed E-state index contributed by atoms with van der Waals surface area (Å²) in [4.78, 5) is 3.83. The van der Waals surface area contributed by atoms with Gasteiger partial charge in [-0.3, -0.25) is 0 Å². The van der Waals surface area contributed by atoms with Crippen LogP contribution < -0.4 is 5.32 Å². The van der Waals surface area contributed by atoms with Gasteiger partial charge in [-0.2, -0.15) is 0 Å². The third kappa shape index (κ3) is 4.45. The number of hydrogen-bond acceptors (Lipinski definition) is 3. The predicted octanol–water partition coefficient (Wildman–Crippen LogP) is 4.00. The molecular weight excluding hydrogens is 276 g/mol. The molecule has 0 amide bonds. The van der Waals surface area contributed by atoms with Crippen LogP contribution in [0.4, 0.5) is 0 Å². The second-order valence-corrected chi connectivity index (χ2v) is 7.71. The van der Waals surface area contributed by atoms with Gasteiger partial charge in [0.1, 0.15) is 0 Å². The summed E-state index contributed by atoms with van der Waals surface area (Å²) in [5.41, 5.74) is 0.475. The second-order valence-electron chi connectivity index (χ2n) is 5.91. The van der Waals surface area contributed by atoms with Crippen molar-refractivity contribution >= 4 is 22.9 Å². The van der Waals surface area contributed by atoms with E-state index in [9.17, 15) is 0 Å². The molecule has 0 spiro atoms. The van der Waals surface area contributed by atoms with Crippen molar-refractivity contribution in [2.24, 2.45) is 5.41 Å². The summed E-state index contributed by atoms with van der Waals surface area (Å²) < 4.78 is 0.894. The molecule has 108 valence electrons. The van der Waals surface area contributed by atoms with Crippen molar-refractivity contribution in [3.05, 3.63) is 21.3 Å². The van der Waals surface area contributed by atoms with Gasteiger partial charge in [-0.15, -0.1) is 11.3 Å². The standard InChI is InChI=1S/C15H25ClN2S/c1-3-7-15(8-4-9-17-11-15)12-18(2)10-13-5-6-14(16)19-13/h5-6,17H,3-4,7-12H2,1-2H3. The first kappa shape index (κ1) is 15.3. The molecule has 0 radical (unpaired) electrons. The van der Waals surface area contributed by atoms with Crippen molar-refractivity contribution in [3.63, 3.8) is 0 Å². The first-order valence-corrected chi connectivity index (χ1v) is 8.46. The molecule has 1 N–H and O–H groups in total. The van der Waals surface area contributed by atoms with Gasteiger partial charge in [-0.1, -0.05) is 24.9 Å². The summed E-state index contributed by atoms with van der Waals surface area (Å²) in [7, 11) is 2.24. The van der Waals surface area contributed by atoms with Crippen LogP contribution in [0.2, 0.25) is 4.34 Å². The highest BCUT2D eigenvalue weighted by molar-refractivity contribution is 7.16. The van der Waals surface area contributed by atoms with Crippen LogP contribution in [0, 0.1) is 5.41 Å². The smallest absolute Gasteiger partial charge is 0.0931 e. The van der Waals surface area contributed by atoms with E-state index in [1.807, 2.05) is 6.07 Å². The fraction of sp³-hybridized carbons (Fsp3) is 0.733. The van der Waals surface area contributed by atoms with Gasteiger partial charge in [0, 0.05) is 24.5 Å². The van der Waals surface area contributed by atoms with Crippen molar-refractivity contribution in [2.75, 3.05) is 26.7 Å². The van der Waals surface area contributed by atoms with Gasteiger partial charge >= 0.3 is 0 Å². The number of piperidine rings is 1. The highest BCUT2D eigenvalue weighted by atomic mass is 35.5. The maximum atomic E-state index is 6.00. The van der Waals surface area contributed by atoms with E-state index in [4.69, 9.17) is 11.6 Å². The molecule has 1 aromatic heterocycles. The lowest BCUT2D eigenvalue weighted by atomic mass is 9.76. The molecule has 2 rings (SSSR count). The topological polar surface area (TPSA) is 15.3 Å². The lowest BCUT2D eigenvalue weighted by Crippen LogP contribution is -2.46. The quantitative estimate of drug-likeness (QED) is 0.854. The molecule has 1 aliphatic rings. The van der Waals surface area contributed by atoms with Crippen LogP contribution in [-0.4, -0.2) is 31.6 Å². The Morgan fingerprint density at radius 2 is 2.32 bits per heavy atom. The van der Waals surface area contributed by atoms with E-state index < -0.39 is 0 Å². The van der Waals surface area contributed by atoms with Crippen LogP contribution in [0.25, 0.3) is 0 Å². The van der Waals surface area contributed by atoms with Gasteiger partial charge in [-0.05, 0) is 50.4 Å². The zero-order valence-electron chi connectivity index (χ0n) is 12.0. The highest BCUT2D eigenvalue weighted by Gasteiger charge is 2.32. The van der Waals surface area contributed by atoms with E-state index in [2.05, 4.69) is 30.3 Å². The van der Waals surface area contributed by atoms with Gasteiger partial charge in [-0.25, -0.2) is 0 Å². The number of hydrogen-bond donors (Lipinski definition) is 1. The molecule has 1 fully saturated rings. The van der Waals surface area contributed by atoms with Crippen LogP contribution in [0.15, 0.2) is 12.1 Å². The lowest BCUT2D eigenvalue weighted by Gasteiger charge is -2.40. The van der Waals surface area contributed by atoms with Gasteiger partial charge in [0.15, 0.2) is 0 Å². The van der Waals surface area contributed by atoms with E-state index in [0.717, 1.165) is 10.9 Å². The van der Waals surface area contributed by atoms with Gasteiger partial charge in [0.2, 0.25) is 0 Å². The Hall–Kier alpha value is -0.0900. The Balaban J connectivity index is 1.92. The van der Waals surface area contributed by atoms with Gasteiger partial charge < -0.3 is 10.2 Å². The fourth-order valence-corrected chi connectivity index (χ4v) is 4.49. The summed E-state index contributed by atoms with van der Waals surface area (Å²) in [5, 5.41) is 3.59. The fourth-order valence-electron chi connectivity index (χ4n) is 3.32. The highest BCUT2D eigenvalue weighted by Crippen LogP contribution is 2.33. The molecule has 1 unspecified atom stereocenters. The minimum Gasteiger partial charge on any atom is -0.316 e. The normalized spacial score (nSPS) is 24.0. The van der Waals surface area contributed by atoms with Crippen molar-refractivity contribution in [3.8, 4) is 0 Å². The molecule has 0 saturated carbocycles. The Bertz CT molecular complexity index is 380. The van der Waals surface area contributed by atoms with Crippen molar-refractivity contribution in [1.29, 1.82) is 0 Å². The number of thiophene rings is 1. The molecule has 1 saturated heterocycles. The maximum Gasteiger partial charge on any atom is 0.0931 e. The lowest BCUT2D eigenvalue weighted by molar-refractivity contribution is 0.119. The Morgan fingerprint density at radius 1 is 1.47 bits per heavy atom. The van der Waals surface area contributed by atoms with Gasteiger partial charge in [0.05, 0.1) is 4.34 Å². The van der Waals surface area contributed by atoms with Crippen LogP contribution in [-0.2, 0) is 6.54 Å². The summed E-state index contributed by atoms with van der Waals surface area (Å²) in [6.45, 7) is 6.87. The minimum atomic E-state index is 0.475. The van der Waals surface area contributed by atoms with E-state index in [-0.39, 0.29) is 0 Å². The summed E-state index contributed by atoms with van der Waals surface area (Å²) in [6, 6.07) is 4.15. The maximum absolute atomic E-state index is 6.00. The summed E-state index contributed by atoms with van der Waals surface area (Å²) >= 11 is 7.70. The average molecular weight is 301 g/mol. The number of rotatable bonds is 6. The van der Waals surface area contributed by atoms with Crippen LogP contribution in [0.5, 0.6) is 0 Å². The molecule has 0 aliphatic carbocycles. The molecule has 1 aromatic rings. The predicted molar refractivity (Wildman–Crippen MR) is 85.1 cm³/mol. The molecule has 2 heterocycles. The summed E-state index contributed by atoms with van der Waals surface area (Å²) in [6.07, 6.45) is 5.29. The van der Waals surface area contributed by atoms with E-state index in [1.54, 1.807) is 11.3 Å². The largest absolute Gasteiger partial charge is 0.316 e. The Kier molecular flexibility index (Phi) is 5.70. The van der Waals surface area contributed by atoms with Crippen LogP contribution >= 0.6 is 22.9 Å². The number of nitrogens with one attached hydrogen (secondary N) is 1. The van der Waals surface area contributed by atoms with Crippen molar-refractivity contribution in [1.82, 2.24) is 10.2 Å². The first-order valence-electron chi connectivity index (χ1n) is 7.27. The Labute approximate surface area is 126 Å². The van der Waals surface area contributed by atoms with E-state index in [0.29, 0.717) is 5.41 Å². The zero-order valence-corrected chi connectivity index (χ0v) is 13.6. The van der Waals surface area contributed by atoms with E-state index in [1.165, 1.54) is 50.2 Å². The van der Waals surface area contributed by atoms with Crippen molar-refractivity contribution in [2.45, 2.75) is 39.2 Å². The Morgan fingerprint density at radius 3 is 2.89 bits per heavy atom. The van der Waals surface area contributed by atoms with E-state index >= 15 is 0 Å². The monoisotopic (exact) mass is 300 g/mol. The molecular formula is C15H25ClN2S. The summed E-state index contributed by atoms with van der Waals surface area (Å²) in [5.74, 6) is 0. The van der Waals surface area contributed by atoms with Gasteiger partial charge in [0.25, 0.3) is 0 Å². The van der Waals surface area contributed by atoms with Crippen molar-refractivity contribution < 1.29 is 0 Å². The molecule has 1 atom stereocenters. The molecule has 19 heavy (non-hydrogen) atoms. The number of nitrogens with zero attached hydrogens (tertiary/aromatic N) is 1. The molecule has 0 aromatic carbocycles. The SMILES string of the molecule is CCCC1(CN(C)Cc2ccc(Cl)s2)CCCNC1. The van der Waals surface area contributed by atoms with Crippen LogP contribution in [0.3, 0.4) is 0 Å². The first-order chi connectivity index (χ1) is 9.13. The third-order valence-corrected chi connectivity index (χ3v) is 5.22.